The Morgan fingerprint density at radius 1 is 1.14 bits per heavy atom. The molecule has 0 saturated carbocycles. The van der Waals surface area contributed by atoms with Gasteiger partial charge in [-0.05, 0) is 35.7 Å². The SMILES string of the molecule is CCC(CC)C(c1ccc2nc(-c3ccc(C(=O)O)cc3)sc2c1)n1ccnc1. The summed E-state index contributed by atoms with van der Waals surface area (Å²) in [4.78, 5) is 20.1. The van der Waals surface area contributed by atoms with Crippen LogP contribution in [0.3, 0.4) is 0 Å². The molecule has 0 aliphatic rings. The molecule has 0 bridgehead atoms. The van der Waals surface area contributed by atoms with Crippen molar-refractivity contribution in [3.05, 3.63) is 72.3 Å². The highest BCUT2D eigenvalue weighted by atomic mass is 32.1. The molecule has 29 heavy (non-hydrogen) atoms. The Kier molecular flexibility index (Phi) is 5.45. The van der Waals surface area contributed by atoms with Gasteiger partial charge < -0.3 is 9.67 Å². The van der Waals surface area contributed by atoms with Gasteiger partial charge in [0.15, 0.2) is 0 Å². The van der Waals surface area contributed by atoms with E-state index >= 15 is 0 Å². The lowest BCUT2D eigenvalue weighted by molar-refractivity contribution is 0.0697. The molecule has 2 aromatic heterocycles. The van der Waals surface area contributed by atoms with Gasteiger partial charge >= 0.3 is 5.97 Å². The molecule has 1 atom stereocenters. The van der Waals surface area contributed by atoms with Crippen LogP contribution in [0.25, 0.3) is 20.8 Å². The maximum absolute atomic E-state index is 11.1. The van der Waals surface area contributed by atoms with Gasteiger partial charge in [0.2, 0.25) is 0 Å². The minimum absolute atomic E-state index is 0.248. The summed E-state index contributed by atoms with van der Waals surface area (Å²) in [5.41, 5.74) is 3.44. The molecule has 4 rings (SSSR count). The minimum Gasteiger partial charge on any atom is -0.478 e. The van der Waals surface area contributed by atoms with Crippen molar-refractivity contribution in [2.75, 3.05) is 0 Å². The van der Waals surface area contributed by atoms with Gasteiger partial charge in [0.05, 0.1) is 28.1 Å². The molecular weight excluding hydrogens is 382 g/mol. The van der Waals surface area contributed by atoms with Crippen LogP contribution in [0.2, 0.25) is 0 Å². The second-order valence-corrected chi connectivity index (χ2v) is 8.19. The van der Waals surface area contributed by atoms with Gasteiger partial charge in [-0.15, -0.1) is 11.3 Å². The summed E-state index contributed by atoms with van der Waals surface area (Å²) < 4.78 is 3.33. The number of carboxylic acids is 1. The van der Waals surface area contributed by atoms with Crippen LogP contribution < -0.4 is 0 Å². The van der Waals surface area contributed by atoms with Crippen LogP contribution in [0.1, 0.15) is 48.7 Å². The molecule has 0 fully saturated rings. The predicted octanol–water partition coefficient (Wildman–Crippen LogP) is 5.88. The first-order valence-corrected chi connectivity index (χ1v) is 10.6. The number of hydrogen-bond donors (Lipinski definition) is 1. The molecule has 0 radical (unpaired) electrons. The number of carbonyl (C=O) groups is 1. The van der Waals surface area contributed by atoms with Crippen molar-refractivity contribution in [2.45, 2.75) is 32.7 Å². The Morgan fingerprint density at radius 2 is 1.90 bits per heavy atom. The fourth-order valence-corrected chi connectivity index (χ4v) is 4.88. The van der Waals surface area contributed by atoms with Crippen LogP contribution in [-0.2, 0) is 0 Å². The van der Waals surface area contributed by atoms with Crippen LogP contribution >= 0.6 is 11.3 Å². The maximum atomic E-state index is 11.1. The third kappa shape index (κ3) is 3.80. The lowest BCUT2D eigenvalue weighted by Gasteiger charge is -2.27. The third-order valence-corrected chi connectivity index (χ3v) is 6.54. The van der Waals surface area contributed by atoms with Crippen LogP contribution in [0.4, 0.5) is 0 Å². The summed E-state index contributed by atoms with van der Waals surface area (Å²) in [6.07, 6.45) is 7.96. The molecular formula is C23H23N3O2S. The summed E-state index contributed by atoms with van der Waals surface area (Å²) in [7, 11) is 0. The van der Waals surface area contributed by atoms with E-state index in [0.29, 0.717) is 5.92 Å². The minimum atomic E-state index is -0.919. The highest BCUT2D eigenvalue weighted by Crippen LogP contribution is 2.36. The first-order chi connectivity index (χ1) is 14.1. The van der Waals surface area contributed by atoms with Crippen LogP contribution in [0, 0.1) is 5.92 Å². The predicted molar refractivity (Wildman–Crippen MR) is 116 cm³/mol. The molecule has 5 nitrogen and oxygen atoms in total. The van der Waals surface area contributed by atoms with Crippen molar-refractivity contribution in [1.29, 1.82) is 0 Å². The van der Waals surface area contributed by atoms with E-state index in [1.807, 2.05) is 30.9 Å². The van der Waals surface area contributed by atoms with E-state index < -0.39 is 5.97 Å². The fraction of sp³-hybridized carbons (Fsp3) is 0.261. The van der Waals surface area contributed by atoms with Crippen LogP contribution in [-0.4, -0.2) is 25.6 Å². The molecule has 6 heteroatoms. The summed E-state index contributed by atoms with van der Waals surface area (Å²) in [5, 5.41) is 9.99. The lowest BCUT2D eigenvalue weighted by Crippen LogP contribution is -2.18. The molecule has 0 saturated heterocycles. The first-order valence-electron chi connectivity index (χ1n) is 9.82. The van der Waals surface area contributed by atoms with Crippen molar-refractivity contribution in [3.8, 4) is 10.6 Å². The Bertz CT molecular complexity index is 1110. The molecule has 148 valence electrons. The maximum Gasteiger partial charge on any atom is 0.335 e. The van der Waals surface area contributed by atoms with E-state index in [9.17, 15) is 4.79 Å². The lowest BCUT2D eigenvalue weighted by atomic mass is 9.88. The quantitative estimate of drug-likeness (QED) is 0.417. The number of nitrogens with zero attached hydrogens (tertiary/aromatic N) is 3. The molecule has 2 heterocycles. The Morgan fingerprint density at radius 3 is 2.52 bits per heavy atom. The summed E-state index contributed by atoms with van der Waals surface area (Å²) in [6.45, 7) is 4.48. The number of carboxylic acid groups (broad SMARTS) is 1. The zero-order valence-electron chi connectivity index (χ0n) is 16.4. The van der Waals surface area contributed by atoms with E-state index in [0.717, 1.165) is 33.6 Å². The summed E-state index contributed by atoms with van der Waals surface area (Å²) in [5.74, 6) is -0.393. The number of hydrogen-bond acceptors (Lipinski definition) is 4. The van der Waals surface area contributed by atoms with E-state index in [2.05, 4.69) is 41.6 Å². The van der Waals surface area contributed by atoms with Gasteiger partial charge in [0.25, 0.3) is 0 Å². The average Bonchev–Trinajstić information content (AvgIpc) is 3.41. The molecule has 0 amide bonds. The highest BCUT2D eigenvalue weighted by Gasteiger charge is 2.22. The number of aromatic carboxylic acids is 1. The zero-order valence-corrected chi connectivity index (χ0v) is 17.3. The first kappa shape index (κ1) is 19.3. The van der Waals surface area contributed by atoms with Gasteiger partial charge in [-0.25, -0.2) is 14.8 Å². The zero-order chi connectivity index (χ0) is 20.4. The van der Waals surface area contributed by atoms with E-state index in [4.69, 9.17) is 10.1 Å². The molecule has 4 aromatic rings. The summed E-state index contributed by atoms with van der Waals surface area (Å²) in [6, 6.07) is 13.6. The number of rotatable bonds is 7. The van der Waals surface area contributed by atoms with Crippen molar-refractivity contribution < 1.29 is 9.90 Å². The Balaban J connectivity index is 1.73. The Hall–Kier alpha value is -2.99. The van der Waals surface area contributed by atoms with Crippen molar-refractivity contribution in [2.24, 2.45) is 5.92 Å². The van der Waals surface area contributed by atoms with Crippen LogP contribution in [0.5, 0.6) is 0 Å². The molecule has 2 aromatic carbocycles. The summed E-state index contributed by atoms with van der Waals surface area (Å²) >= 11 is 1.64. The van der Waals surface area contributed by atoms with Crippen molar-refractivity contribution in [1.82, 2.24) is 14.5 Å². The van der Waals surface area contributed by atoms with Crippen LogP contribution in [0.15, 0.2) is 61.2 Å². The second-order valence-electron chi connectivity index (χ2n) is 7.16. The van der Waals surface area contributed by atoms with E-state index in [-0.39, 0.29) is 11.6 Å². The van der Waals surface area contributed by atoms with Gasteiger partial charge in [0.1, 0.15) is 5.01 Å². The second kappa shape index (κ2) is 8.17. The number of aromatic nitrogens is 3. The normalized spacial score (nSPS) is 12.5. The molecule has 0 aliphatic heterocycles. The topological polar surface area (TPSA) is 68.0 Å². The standard InChI is InChI=1S/C23H23N3O2S/c1-3-15(4-2)21(26-12-11-24-14-26)18-9-10-19-20(13-18)29-22(25-19)16-5-7-17(8-6-16)23(27)28/h5-15,21H,3-4H2,1-2H3,(H,27,28). The number of fused-ring (bicyclic) bond motifs is 1. The van der Waals surface area contributed by atoms with Crippen molar-refractivity contribution in [3.63, 3.8) is 0 Å². The average molecular weight is 406 g/mol. The van der Waals surface area contributed by atoms with Gasteiger partial charge in [-0.1, -0.05) is 44.9 Å². The molecule has 1 unspecified atom stereocenters. The molecule has 0 aliphatic carbocycles. The molecule has 0 spiro atoms. The molecule has 1 N–H and O–H groups in total. The van der Waals surface area contributed by atoms with E-state index in [1.165, 1.54) is 5.56 Å². The Labute approximate surface area is 173 Å². The van der Waals surface area contributed by atoms with Crippen molar-refractivity contribution >= 4 is 27.5 Å². The number of benzene rings is 2. The number of imidazole rings is 1. The smallest absolute Gasteiger partial charge is 0.335 e. The van der Waals surface area contributed by atoms with Gasteiger partial charge in [0, 0.05) is 18.0 Å². The van der Waals surface area contributed by atoms with E-state index in [1.54, 1.807) is 23.5 Å². The largest absolute Gasteiger partial charge is 0.478 e. The van der Waals surface area contributed by atoms with Gasteiger partial charge in [-0.2, -0.15) is 0 Å². The fourth-order valence-electron chi connectivity index (χ4n) is 3.86. The highest BCUT2D eigenvalue weighted by molar-refractivity contribution is 7.21. The van der Waals surface area contributed by atoms with Gasteiger partial charge in [-0.3, -0.25) is 0 Å². The number of thiazole rings is 1. The monoisotopic (exact) mass is 405 g/mol. The third-order valence-electron chi connectivity index (χ3n) is 5.47.